The van der Waals surface area contributed by atoms with Crippen LogP contribution >= 0.6 is 23.4 Å². The molecule has 28 heavy (non-hydrogen) atoms. The molecule has 2 aromatic carbocycles. The summed E-state index contributed by atoms with van der Waals surface area (Å²) in [6.45, 7) is 6.27. The van der Waals surface area contributed by atoms with Crippen molar-refractivity contribution in [2.45, 2.75) is 19.3 Å². The Morgan fingerprint density at radius 3 is 2.79 bits per heavy atom. The monoisotopic (exact) mass is 420 g/mol. The third-order valence-electron chi connectivity index (χ3n) is 5.68. The number of thioether (sulfide) groups is 1. The Labute approximate surface area is 173 Å². The summed E-state index contributed by atoms with van der Waals surface area (Å²) in [5, 5.41) is 1.42. The number of likely N-dealkylation sites (tertiary alicyclic amines) is 1. The molecule has 1 saturated heterocycles. The first-order chi connectivity index (χ1) is 13.4. The van der Waals surface area contributed by atoms with E-state index in [0.29, 0.717) is 10.9 Å². The molecule has 2 aromatic rings. The first-order valence-electron chi connectivity index (χ1n) is 9.13. The van der Waals surface area contributed by atoms with Gasteiger partial charge in [0.05, 0.1) is 5.69 Å². The number of fused-ring (bicyclic) bond motifs is 1. The fraction of sp³-hybridized carbons (Fsp3) is 0.381. The predicted molar refractivity (Wildman–Crippen MR) is 113 cm³/mol. The third-order valence-corrected chi connectivity index (χ3v) is 6.71. The van der Waals surface area contributed by atoms with Crippen molar-refractivity contribution in [1.82, 2.24) is 4.90 Å². The van der Waals surface area contributed by atoms with E-state index in [4.69, 9.17) is 26.1 Å². The minimum atomic E-state index is -0.311. The van der Waals surface area contributed by atoms with Crippen molar-refractivity contribution in [3.8, 4) is 11.5 Å². The van der Waals surface area contributed by atoms with Crippen LogP contribution in [0.5, 0.6) is 11.5 Å². The van der Waals surface area contributed by atoms with E-state index < -0.39 is 0 Å². The molecule has 2 atom stereocenters. The lowest BCUT2D eigenvalue weighted by molar-refractivity contribution is 0.174. The predicted octanol–water partition coefficient (Wildman–Crippen LogP) is 5.47. The average molecular weight is 421 g/mol. The average Bonchev–Trinajstić information content (AvgIpc) is 3.24. The number of nitrogens with zero attached hydrogens (tertiary/aromatic N) is 2. The SMILES string of the molecule is CSC(=Nc1ccc2c(c1)OCO2)N1C[C@H](C)[C@@](C)(c2ccc(F)cc2Cl)C1. The minimum absolute atomic E-state index is 0.184. The fourth-order valence-electron chi connectivity index (χ4n) is 3.91. The van der Waals surface area contributed by atoms with Gasteiger partial charge in [0.2, 0.25) is 6.79 Å². The van der Waals surface area contributed by atoms with Crippen LogP contribution in [0.3, 0.4) is 0 Å². The zero-order chi connectivity index (χ0) is 19.9. The van der Waals surface area contributed by atoms with E-state index in [9.17, 15) is 4.39 Å². The molecule has 0 aliphatic carbocycles. The maximum atomic E-state index is 13.5. The van der Waals surface area contributed by atoms with Crippen LogP contribution in [0.25, 0.3) is 0 Å². The van der Waals surface area contributed by atoms with Crippen molar-refractivity contribution in [2.24, 2.45) is 10.9 Å². The molecule has 4 rings (SSSR count). The molecule has 2 heterocycles. The van der Waals surface area contributed by atoms with Gasteiger partial charge in [-0.15, -0.1) is 0 Å². The summed E-state index contributed by atoms with van der Waals surface area (Å²) in [4.78, 5) is 7.12. The van der Waals surface area contributed by atoms with Crippen LogP contribution in [0.2, 0.25) is 5.02 Å². The highest BCUT2D eigenvalue weighted by atomic mass is 35.5. The van der Waals surface area contributed by atoms with Crippen molar-refractivity contribution in [3.05, 3.63) is 52.8 Å². The Morgan fingerprint density at radius 1 is 1.25 bits per heavy atom. The van der Waals surface area contributed by atoms with E-state index in [0.717, 1.165) is 41.0 Å². The molecule has 0 amide bonds. The molecule has 0 aromatic heterocycles. The second-order valence-electron chi connectivity index (χ2n) is 7.46. The molecule has 0 unspecified atom stereocenters. The standard InChI is InChI=1S/C21H22ClFN2O2S/c1-13-10-25(11-21(13,2)16-6-4-14(23)8-17(16)22)20(28-3)24-15-5-7-18-19(9-15)27-12-26-18/h4-9,13H,10-12H2,1-3H3/t13-,21-/m0/s1. The number of halogens is 2. The van der Waals surface area contributed by atoms with Crippen molar-refractivity contribution < 1.29 is 13.9 Å². The first-order valence-corrected chi connectivity index (χ1v) is 10.7. The van der Waals surface area contributed by atoms with Gasteiger partial charge in [-0.05, 0) is 42.0 Å². The van der Waals surface area contributed by atoms with Gasteiger partial charge in [0.25, 0.3) is 0 Å². The van der Waals surface area contributed by atoms with Gasteiger partial charge in [0.15, 0.2) is 16.7 Å². The molecular formula is C21H22ClFN2O2S. The van der Waals surface area contributed by atoms with Crippen molar-refractivity contribution in [3.63, 3.8) is 0 Å². The molecule has 2 aliphatic heterocycles. The van der Waals surface area contributed by atoms with Crippen molar-refractivity contribution >= 4 is 34.2 Å². The summed E-state index contributed by atoms with van der Waals surface area (Å²) in [7, 11) is 0. The molecule has 0 saturated carbocycles. The minimum Gasteiger partial charge on any atom is -0.454 e. The quantitative estimate of drug-likeness (QED) is 0.476. The summed E-state index contributed by atoms with van der Waals surface area (Å²) in [6.07, 6.45) is 2.02. The Hall–Kier alpha value is -1.92. The van der Waals surface area contributed by atoms with Gasteiger partial charge in [-0.25, -0.2) is 9.38 Å². The van der Waals surface area contributed by atoms with Gasteiger partial charge in [-0.1, -0.05) is 43.3 Å². The van der Waals surface area contributed by atoms with Gasteiger partial charge in [-0.3, -0.25) is 0 Å². The maximum absolute atomic E-state index is 13.5. The summed E-state index contributed by atoms with van der Waals surface area (Å²) in [5.41, 5.74) is 1.62. The van der Waals surface area contributed by atoms with Crippen LogP contribution in [0.1, 0.15) is 19.4 Å². The van der Waals surface area contributed by atoms with Gasteiger partial charge in [0.1, 0.15) is 5.82 Å². The molecule has 4 nitrogen and oxygen atoms in total. The Balaban J connectivity index is 1.62. The van der Waals surface area contributed by atoms with E-state index in [1.165, 1.54) is 12.1 Å². The van der Waals surface area contributed by atoms with Crippen LogP contribution in [0.4, 0.5) is 10.1 Å². The highest BCUT2D eigenvalue weighted by Gasteiger charge is 2.43. The molecular weight excluding hydrogens is 399 g/mol. The van der Waals surface area contributed by atoms with Gasteiger partial charge in [0, 0.05) is 29.6 Å². The number of ether oxygens (including phenoxy) is 2. The van der Waals surface area contributed by atoms with Crippen LogP contribution in [-0.4, -0.2) is 36.2 Å². The highest BCUT2D eigenvalue weighted by Crippen LogP contribution is 2.43. The van der Waals surface area contributed by atoms with Crippen LogP contribution in [-0.2, 0) is 5.41 Å². The number of hydrogen-bond donors (Lipinski definition) is 0. The molecule has 7 heteroatoms. The Bertz CT molecular complexity index is 939. The number of benzene rings is 2. The lowest BCUT2D eigenvalue weighted by atomic mass is 9.75. The summed E-state index contributed by atoms with van der Waals surface area (Å²) >= 11 is 8.00. The number of amidine groups is 1. The summed E-state index contributed by atoms with van der Waals surface area (Å²) in [5.74, 6) is 1.50. The van der Waals surface area contributed by atoms with Crippen molar-refractivity contribution in [1.29, 1.82) is 0 Å². The smallest absolute Gasteiger partial charge is 0.231 e. The highest BCUT2D eigenvalue weighted by molar-refractivity contribution is 8.13. The van der Waals surface area contributed by atoms with Crippen LogP contribution in [0.15, 0.2) is 41.4 Å². The van der Waals surface area contributed by atoms with Gasteiger partial charge >= 0.3 is 0 Å². The fourth-order valence-corrected chi connectivity index (χ4v) is 4.89. The lowest BCUT2D eigenvalue weighted by Gasteiger charge is -2.30. The van der Waals surface area contributed by atoms with Gasteiger partial charge < -0.3 is 14.4 Å². The molecule has 0 bridgehead atoms. The van der Waals surface area contributed by atoms with E-state index in [1.807, 2.05) is 30.5 Å². The molecule has 0 spiro atoms. The van der Waals surface area contributed by atoms with E-state index in [2.05, 4.69) is 18.7 Å². The van der Waals surface area contributed by atoms with Gasteiger partial charge in [-0.2, -0.15) is 0 Å². The number of hydrogen-bond acceptors (Lipinski definition) is 4. The number of rotatable bonds is 2. The number of aliphatic imine (C=N–C) groups is 1. The molecule has 1 fully saturated rings. The zero-order valence-corrected chi connectivity index (χ0v) is 17.6. The van der Waals surface area contributed by atoms with Crippen molar-refractivity contribution in [2.75, 3.05) is 26.1 Å². The topological polar surface area (TPSA) is 34.1 Å². The zero-order valence-electron chi connectivity index (χ0n) is 16.0. The summed E-state index contributed by atoms with van der Waals surface area (Å²) in [6, 6.07) is 10.4. The normalized spacial score (nSPS) is 24.1. The molecule has 0 radical (unpaired) electrons. The Morgan fingerprint density at radius 2 is 2.04 bits per heavy atom. The molecule has 148 valence electrons. The van der Waals surface area contributed by atoms with E-state index >= 15 is 0 Å². The molecule has 0 N–H and O–H groups in total. The van der Waals surface area contributed by atoms with Crippen LogP contribution in [0, 0.1) is 11.7 Å². The lowest BCUT2D eigenvalue weighted by Crippen LogP contribution is -2.33. The summed E-state index contributed by atoms with van der Waals surface area (Å²) < 4.78 is 24.3. The maximum Gasteiger partial charge on any atom is 0.231 e. The van der Waals surface area contributed by atoms with E-state index in [1.54, 1.807) is 11.8 Å². The Kier molecular flexibility index (Phi) is 5.19. The largest absolute Gasteiger partial charge is 0.454 e. The van der Waals surface area contributed by atoms with E-state index in [-0.39, 0.29) is 18.0 Å². The van der Waals surface area contributed by atoms with Crippen LogP contribution < -0.4 is 9.47 Å². The third kappa shape index (κ3) is 3.44. The first kappa shape index (κ1) is 19.4. The second kappa shape index (κ2) is 7.48. The molecule has 2 aliphatic rings. The second-order valence-corrected chi connectivity index (χ2v) is 8.64.